The SMILES string of the molecule is CCOc1ccccc1Nc1ncnc(N2CCN(Cc3ccccc3)CC2)c1[N+](=O)[O-]. The van der Waals surface area contributed by atoms with Crippen LogP contribution < -0.4 is 15.0 Å². The molecule has 32 heavy (non-hydrogen) atoms. The van der Waals surface area contributed by atoms with Gasteiger partial charge in [-0.3, -0.25) is 15.0 Å². The maximum absolute atomic E-state index is 12.0. The molecule has 2 aromatic carbocycles. The molecular formula is C23H26N6O3. The van der Waals surface area contributed by atoms with E-state index in [2.05, 4.69) is 32.3 Å². The molecule has 1 N–H and O–H groups in total. The van der Waals surface area contributed by atoms with E-state index in [9.17, 15) is 10.1 Å². The van der Waals surface area contributed by atoms with Gasteiger partial charge in [0.2, 0.25) is 11.6 Å². The fraction of sp³-hybridized carbons (Fsp3) is 0.304. The van der Waals surface area contributed by atoms with Crippen molar-refractivity contribution in [2.45, 2.75) is 13.5 Å². The summed E-state index contributed by atoms with van der Waals surface area (Å²) in [6, 6.07) is 17.6. The van der Waals surface area contributed by atoms with Crippen LogP contribution in [0.5, 0.6) is 5.75 Å². The molecule has 1 aliphatic heterocycles. The summed E-state index contributed by atoms with van der Waals surface area (Å²) in [7, 11) is 0. The highest BCUT2D eigenvalue weighted by Gasteiger charge is 2.29. The molecule has 9 nitrogen and oxygen atoms in total. The Kier molecular flexibility index (Phi) is 6.76. The Morgan fingerprint density at radius 2 is 1.75 bits per heavy atom. The van der Waals surface area contributed by atoms with Gasteiger partial charge >= 0.3 is 5.69 Å². The predicted octanol–water partition coefficient (Wildman–Crippen LogP) is 3.85. The summed E-state index contributed by atoms with van der Waals surface area (Å²) in [5.41, 5.74) is 1.75. The molecule has 0 radical (unpaired) electrons. The number of aromatic nitrogens is 2. The summed E-state index contributed by atoms with van der Waals surface area (Å²) in [4.78, 5) is 24.3. The van der Waals surface area contributed by atoms with Crippen molar-refractivity contribution in [1.82, 2.24) is 14.9 Å². The lowest BCUT2D eigenvalue weighted by Crippen LogP contribution is -2.46. The quantitative estimate of drug-likeness (QED) is 0.422. The van der Waals surface area contributed by atoms with Crippen LogP contribution in [-0.4, -0.2) is 52.6 Å². The predicted molar refractivity (Wildman–Crippen MR) is 124 cm³/mol. The Morgan fingerprint density at radius 1 is 1.03 bits per heavy atom. The monoisotopic (exact) mass is 434 g/mol. The largest absolute Gasteiger partial charge is 0.492 e. The second kappa shape index (κ2) is 10.1. The van der Waals surface area contributed by atoms with Crippen molar-refractivity contribution in [3.05, 3.63) is 76.6 Å². The number of nitrogens with one attached hydrogen (secondary N) is 1. The number of ether oxygens (including phenoxy) is 1. The van der Waals surface area contributed by atoms with Crippen molar-refractivity contribution in [2.75, 3.05) is 43.0 Å². The van der Waals surface area contributed by atoms with Gasteiger partial charge in [-0.2, -0.15) is 0 Å². The molecule has 3 aromatic rings. The number of benzene rings is 2. The normalized spacial score (nSPS) is 14.2. The van der Waals surface area contributed by atoms with Gasteiger partial charge in [0.1, 0.15) is 12.1 Å². The molecule has 1 aromatic heterocycles. The summed E-state index contributed by atoms with van der Waals surface area (Å²) in [5, 5.41) is 15.1. The van der Waals surface area contributed by atoms with E-state index < -0.39 is 4.92 Å². The molecule has 0 unspecified atom stereocenters. The Hall–Kier alpha value is -3.72. The Morgan fingerprint density at radius 3 is 2.47 bits per heavy atom. The number of piperazine rings is 1. The maximum atomic E-state index is 12.0. The van der Waals surface area contributed by atoms with E-state index in [1.807, 2.05) is 48.2 Å². The first-order valence-corrected chi connectivity index (χ1v) is 10.6. The van der Waals surface area contributed by atoms with Gasteiger partial charge in [0, 0.05) is 32.7 Å². The van der Waals surface area contributed by atoms with Crippen LogP contribution in [0.2, 0.25) is 0 Å². The summed E-state index contributed by atoms with van der Waals surface area (Å²) in [6.45, 7) is 6.14. The third kappa shape index (κ3) is 4.94. The Balaban J connectivity index is 1.52. The first-order valence-electron chi connectivity index (χ1n) is 10.6. The van der Waals surface area contributed by atoms with Gasteiger partial charge in [-0.1, -0.05) is 42.5 Å². The average Bonchev–Trinajstić information content (AvgIpc) is 2.81. The Bertz CT molecular complexity index is 1050. The molecule has 1 saturated heterocycles. The van der Waals surface area contributed by atoms with E-state index in [4.69, 9.17) is 4.74 Å². The van der Waals surface area contributed by atoms with Gasteiger partial charge < -0.3 is 15.0 Å². The summed E-state index contributed by atoms with van der Waals surface area (Å²) in [6.07, 6.45) is 1.37. The van der Waals surface area contributed by atoms with E-state index in [1.54, 1.807) is 6.07 Å². The average molecular weight is 435 g/mol. The zero-order valence-corrected chi connectivity index (χ0v) is 18.0. The second-order valence-electron chi connectivity index (χ2n) is 7.45. The van der Waals surface area contributed by atoms with Gasteiger partial charge in [0.25, 0.3) is 0 Å². The molecule has 1 fully saturated rings. The van der Waals surface area contributed by atoms with E-state index in [0.29, 0.717) is 37.0 Å². The molecule has 166 valence electrons. The van der Waals surface area contributed by atoms with Crippen LogP contribution in [0.3, 0.4) is 0 Å². The second-order valence-corrected chi connectivity index (χ2v) is 7.45. The van der Waals surface area contributed by atoms with Crippen LogP contribution in [-0.2, 0) is 6.54 Å². The highest BCUT2D eigenvalue weighted by molar-refractivity contribution is 5.76. The summed E-state index contributed by atoms with van der Waals surface area (Å²) in [5.74, 6) is 1.10. The lowest BCUT2D eigenvalue weighted by Gasteiger charge is -2.35. The van der Waals surface area contributed by atoms with Gasteiger partial charge in [-0.05, 0) is 24.6 Å². The zero-order chi connectivity index (χ0) is 22.3. The van der Waals surface area contributed by atoms with Crippen LogP contribution in [0.1, 0.15) is 12.5 Å². The number of nitrogens with zero attached hydrogens (tertiary/aromatic N) is 5. The van der Waals surface area contributed by atoms with Crippen LogP contribution in [0, 0.1) is 10.1 Å². The van der Waals surface area contributed by atoms with E-state index in [-0.39, 0.29) is 11.5 Å². The molecule has 4 rings (SSSR count). The molecule has 0 saturated carbocycles. The summed E-state index contributed by atoms with van der Waals surface area (Å²) < 4.78 is 5.63. The Labute approximate surface area is 186 Å². The van der Waals surface area contributed by atoms with E-state index in [1.165, 1.54) is 11.9 Å². The molecular weight excluding hydrogens is 408 g/mol. The van der Waals surface area contributed by atoms with Gasteiger partial charge in [0.15, 0.2) is 0 Å². The smallest absolute Gasteiger partial charge is 0.353 e. The maximum Gasteiger partial charge on any atom is 0.353 e. The van der Waals surface area contributed by atoms with Crippen LogP contribution in [0.15, 0.2) is 60.9 Å². The summed E-state index contributed by atoms with van der Waals surface area (Å²) >= 11 is 0. The first kappa shape index (κ1) is 21.5. The molecule has 0 amide bonds. The molecule has 2 heterocycles. The third-order valence-corrected chi connectivity index (χ3v) is 5.35. The van der Waals surface area contributed by atoms with E-state index in [0.717, 1.165) is 19.6 Å². The van der Waals surface area contributed by atoms with Crippen molar-refractivity contribution in [1.29, 1.82) is 0 Å². The zero-order valence-electron chi connectivity index (χ0n) is 18.0. The van der Waals surface area contributed by atoms with Crippen molar-refractivity contribution < 1.29 is 9.66 Å². The minimum absolute atomic E-state index is 0.129. The highest BCUT2D eigenvalue weighted by atomic mass is 16.6. The van der Waals surface area contributed by atoms with Crippen molar-refractivity contribution in [2.24, 2.45) is 0 Å². The highest BCUT2D eigenvalue weighted by Crippen LogP contribution is 2.36. The number of hydrogen-bond acceptors (Lipinski definition) is 8. The number of rotatable bonds is 8. The standard InChI is InChI=1S/C23H26N6O3/c1-2-32-20-11-7-6-10-19(20)26-22-21(29(30)31)23(25-17-24-22)28-14-12-27(13-15-28)16-18-8-4-3-5-9-18/h3-11,17H,2,12-16H2,1H3,(H,24,25,26). The minimum atomic E-state index is -0.419. The van der Waals surface area contributed by atoms with Gasteiger partial charge in [-0.25, -0.2) is 9.97 Å². The lowest BCUT2D eigenvalue weighted by atomic mass is 10.2. The van der Waals surface area contributed by atoms with Crippen LogP contribution in [0.25, 0.3) is 0 Å². The molecule has 9 heteroatoms. The molecule has 0 bridgehead atoms. The van der Waals surface area contributed by atoms with Gasteiger partial charge in [0.05, 0.1) is 17.2 Å². The van der Waals surface area contributed by atoms with Crippen molar-refractivity contribution in [3.8, 4) is 5.75 Å². The molecule has 1 aliphatic rings. The lowest BCUT2D eigenvalue weighted by molar-refractivity contribution is -0.383. The number of nitro groups is 1. The number of hydrogen-bond donors (Lipinski definition) is 1. The number of anilines is 3. The van der Waals surface area contributed by atoms with Gasteiger partial charge in [-0.15, -0.1) is 0 Å². The fourth-order valence-electron chi connectivity index (χ4n) is 3.80. The fourth-order valence-corrected chi connectivity index (χ4v) is 3.80. The van der Waals surface area contributed by atoms with E-state index >= 15 is 0 Å². The van der Waals surface area contributed by atoms with Crippen molar-refractivity contribution in [3.63, 3.8) is 0 Å². The van der Waals surface area contributed by atoms with Crippen LogP contribution in [0.4, 0.5) is 23.0 Å². The minimum Gasteiger partial charge on any atom is -0.492 e. The molecule has 0 aliphatic carbocycles. The molecule has 0 atom stereocenters. The topological polar surface area (TPSA) is 96.7 Å². The third-order valence-electron chi connectivity index (χ3n) is 5.35. The van der Waals surface area contributed by atoms with Crippen molar-refractivity contribution >= 4 is 23.0 Å². The molecule has 0 spiro atoms. The number of para-hydroxylation sites is 2. The van der Waals surface area contributed by atoms with Crippen LogP contribution >= 0.6 is 0 Å². The first-order chi connectivity index (χ1) is 15.7.